The largest absolute Gasteiger partial charge is 0.389 e. The van der Waals surface area contributed by atoms with E-state index < -0.39 is 11.5 Å². The molecule has 0 radical (unpaired) electrons. The lowest BCUT2D eigenvalue weighted by Crippen LogP contribution is -2.36. The van der Waals surface area contributed by atoms with Gasteiger partial charge in [-0.05, 0) is 12.8 Å². The van der Waals surface area contributed by atoms with E-state index in [0.717, 1.165) is 0 Å². The van der Waals surface area contributed by atoms with Crippen LogP contribution in [0.2, 0.25) is 0 Å². The summed E-state index contributed by atoms with van der Waals surface area (Å²) in [6.45, 7) is 0. The van der Waals surface area contributed by atoms with Gasteiger partial charge in [0.2, 0.25) is 0 Å². The Kier molecular flexibility index (Phi) is 3.26. The molecule has 0 aliphatic heterocycles. The summed E-state index contributed by atoms with van der Waals surface area (Å²) in [5.74, 6) is -0.357. The van der Waals surface area contributed by atoms with Crippen LogP contribution >= 0.6 is 11.3 Å². The van der Waals surface area contributed by atoms with E-state index in [1.54, 1.807) is 5.38 Å². The van der Waals surface area contributed by atoms with Gasteiger partial charge < -0.3 is 10.8 Å². The lowest BCUT2D eigenvalue weighted by Gasteiger charge is -2.30. The van der Waals surface area contributed by atoms with Crippen molar-refractivity contribution in [2.45, 2.75) is 37.7 Å². The Morgan fingerprint density at radius 2 is 2.18 bits per heavy atom. The smallest absolute Gasteiger partial charge is 0.268 e. The Labute approximate surface area is 103 Å². The fourth-order valence-corrected chi connectivity index (χ4v) is 2.88. The SMILES string of the molecule is NC(=O)c1csc(CC2(O)CCC(=O)CC2)n1. The Hall–Kier alpha value is -1.27. The van der Waals surface area contributed by atoms with Crippen LogP contribution in [0.1, 0.15) is 41.2 Å². The van der Waals surface area contributed by atoms with Gasteiger partial charge >= 0.3 is 0 Å². The predicted molar refractivity (Wildman–Crippen MR) is 62.8 cm³/mol. The maximum absolute atomic E-state index is 11.1. The molecule has 1 aromatic rings. The number of nitrogens with zero attached hydrogens (tertiary/aromatic N) is 1. The zero-order valence-electron chi connectivity index (χ0n) is 9.31. The quantitative estimate of drug-likeness (QED) is 0.828. The average molecular weight is 254 g/mol. The molecule has 0 spiro atoms. The highest BCUT2D eigenvalue weighted by molar-refractivity contribution is 7.09. The van der Waals surface area contributed by atoms with Gasteiger partial charge in [0.05, 0.1) is 10.6 Å². The summed E-state index contributed by atoms with van der Waals surface area (Å²) >= 11 is 1.31. The van der Waals surface area contributed by atoms with E-state index in [1.807, 2.05) is 0 Å². The van der Waals surface area contributed by atoms with Crippen LogP contribution in [0.15, 0.2) is 5.38 Å². The van der Waals surface area contributed by atoms with Crippen molar-refractivity contribution in [1.82, 2.24) is 4.98 Å². The number of hydrogen-bond donors (Lipinski definition) is 2. The zero-order chi connectivity index (χ0) is 12.5. The third-order valence-corrected chi connectivity index (χ3v) is 3.87. The van der Waals surface area contributed by atoms with Crippen molar-refractivity contribution in [3.05, 3.63) is 16.1 Å². The highest BCUT2D eigenvalue weighted by atomic mass is 32.1. The van der Waals surface area contributed by atoms with Gasteiger partial charge in [-0.2, -0.15) is 0 Å². The van der Waals surface area contributed by atoms with Gasteiger partial charge in [-0.25, -0.2) is 4.98 Å². The van der Waals surface area contributed by atoms with Crippen LogP contribution in [-0.4, -0.2) is 27.4 Å². The summed E-state index contributed by atoms with van der Waals surface area (Å²) in [6.07, 6.45) is 2.17. The number of thiazole rings is 1. The fraction of sp³-hybridized carbons (Fsp3) is 0.545. The first-order valence-electron chi connectivity index (χ1n) is 5.47. The molecule has 6 heteroatoms. The van der Waals surface area contributed by atoms with Gasteiger partial charge in [-0.1, -0.05) is 0 Å². The third kappa shape index (κ3) is 2.89. The number of carbonyl (C=O) groups is 2. The van der Waals surface area contributed by atoms with Crippen molar-refractivity contribution in [3.63, 3.8) is 0 Å². The highest BCUT2D eigenvalue weighted by Crippen LogP contribution is 2.30. The van der Waals surface area contributed by atoms with Gasteiger partial charge in [0.1, 0.15) is 11.5 Å². The first kappa shape index (κ1) is 12.2. The first-order valence-corrected chi connectivity index (χ1v) is 6.35. The fourth-order valence-electron chi connectivity index (χ4n) is 1.96. The number of carbonyl (C=O) groups excluding carboxylic acids is 2. The van der Waals surface area contributed by atoms with E-state index in [4.69, 9.17) is 5.73 Å². The third-order valence-electron chi connectivity index (χ3n) is 3.02. The molecule has 1 aliphatic carbocycles. The predicted octanol–water partition coefficient (Wildman–Crippen LogP) is 0.659. The van der Waals surface area contributed by atoms with Crippen LogP contribution in [0.4, 0.5) is 0 Å². The number of aliphatic hydroxyl groups is 1. The van der Waals surface area contributed by atoms with E-state index >= 15 is 0 Å². The molecule has 0 unspecified atom stereocenters. The van der Waals surface area contributed by atoms with Crippen LogP contribution in [0.25, 0.3) is 0 Å². The van der Waals surface area contributed by atoms with Gasteiger partial charge in [0.25, 0.3) is 5.91 Å². The minimum atomic E-state index is -0.860. The van der Waals surface area contributed by atoms with Crippen LogP contribution in [0, 0.1) is 0 Å². The Balaban J connectivity index is 2.04. The number of primary amides is 1. The van der Waals surface area contributed by atoms with E-state index in [9.17, 15) is 14.7 Å². The van der Waals surface area contributed by atoms with Crippen molar-refractivity contribution >= 4 is 23.0 Å². The maximum atomic E-state index is 11.1. The number of amides is 1. The number of ketones is 1. The molecule has 5 nitrogen and oxygen atoms in total. The summed E-state index contributed by atoms with van der Waals surface area (Å²) in [5, 5.41) is 12.6. The first-order chi connectivity index (χ1) is 7.98. The topological polar surface area (TPSA) is 93.3 Å². The molecule has 1 aromatic heterocycles. The molecule has 1 fully saturated rings. The summed E-state index contributed by atoms with van der Waals surface area (Å²) in [4.78, 5) is 26.1. The monoisotopic (exact) mass is 254 g/mol. The second kappa shape index (κ2) is 4.54. The second-order valence-electron chi connectivity index (χ2n) is 4.43. The summed E-state index contributed by atoms with van der Waals surface area (Å²) < 4.78 is 0. The Morgan fingerprint density at radius 1 is 1.53 bits per heavy atom. The molecule has 1 saturated carbocycles. The van der Waals surface area contributed by atoms with Crippen molar-refractivity contribution in [1.29, 1.82) is 0 Å². The minimum Gasteiger partial charge on any atom is -0.389 e. The van der Waals surface area contributed by atoms with Gasteiger partial charge in [-0.3, -0.25) is 9.59 Å². The summed E-state index contributed by atoms with van der Waals surface area (Å²) in [6, 6.07) is 0. The molecule has 1 aliphatic rings. The van der Waals surface area contributed by atoms with Crippen molar-refractivity contribution in [2.75, 3.05) is 0 Å². The lowest BCUT2D eigenvalue weighted by molar-refractivity contribution is -0.125. The molecule has 0 atom stereocenters. The summed E-state index contributed by atoms with van der Waals surface area (Å²) in [7, 11) is 0. The van der Waals surface area contributed by atoms with Crippen LogP contribution in [0.5, 0.6) is 0 Å². The minimum absolute atomic E-state index is 0.201. The van der Waals surface area contributed by atoms with Crippen molar-refractivity contribution in [3.8, 4) is 0 Å². The van der Waals surface area contributed by atoms with E-state index in [0.29, 0.717) is 37.1 Å². The van der Waals surface area contributed by atoms with E-state index in [2.05, 4.69) is 4.98 Å². The Bertz CT molecular complexity index is 445. The molecule has 2 rings (SSSR count). The van der Waals surface area contributed by atoms with Crippen molar-refractivity contribution in [2.24, 2.45) is 5.73 Å². The number of Topliss-reactive ketones (excluding diaryl/α,β-unsaturated/α-hetero) is 1. The standard InChI is InChI=1S/C11H14N2O3S/c12-10(15)8-6-17-9(13-8)5-11(16)3-1-7(14)2-4-11/h6,16H,1-5H2,(H2,12,15). The number of hydrogen-bond acceptors (Lipinski definition) is 5. The lowest BCUT2D eigenvalue weighted by atomic mass is 9.82. The van der Waals surface area contributed by atoms with E-state index in [-0.39, 0.29) is 11.5 Å². The van der Waals surface area contributed by atoms with Gasteiger partial charge in [0.15, 0.2) is 0 Å². The number of aromatic nitrogens is 1. The molecule has 0 saturated heterocycles. The molecule has 0 aromatic carbocycles. The molecule has 1 heterocycles. The van der Waals surface area contributed by atoms with Crippen LogP contribution in [-0.2, 0) is 11.2 Å². The van der Waals surface area contributed by atoms with Crippen LogP contribution < -0.4 is 5.73 Å². The molecule has 3 N–H and O–H groups in total. The summed E-state index contributed by atoms with van der Waals surface area (Å²) in [5.41, 5.74) is 4.49. The number of rotatable bonds is 3. The second-order valence-corrected chi connectivity index (χ2v) is 5.37. The molecule has 17 heavy (non-hydrogen) atoms. The van der Waals surface area contributed by atoms with Gasteiger partial charge in [-0.15, -0.1) is 11.3 Å². The van der Waals surface area contributed by atoms with E-state index in [1.165, 1.54) is 11.3 Å². The maximum Gasteiger partial charge on any atom is 0.268 e. The molecule has 0 bridgehead atoms. The molecular formula is C11H14N2O3S. The van der Waals surface area contributed by atoms with Gasteiger partial charge in [0, 0.05) is 24.6 Å². The zero-order valence-corrected chi connectivity index (χ0v) is 10.1. The molecule has 1 amide bonds. The van der Waals surface area contributed by atoms with Crippen molar-refractivity contribution < 1.29 is 14.7 Å². The molecule has 92 valence electrons. The Morgan fingerprint density at radius 3 is 2.71 bits per heavy atom. The normalized spacial score (nSPS) is 19.2. The number of nitrogens with two attached hydrogens (primary N) is 1. The highest BCUT2D eigenvalue weighted by Gasteiger charge is 2.33. The average Bonchev–Trinajstić information content (AvgIpc) is 2.71. The molecular weight excluding hydrogens is 240 g/mol. The van der Waals surface area contributed by atoms with Crippen LogP contribution in [0.3, 0.4) is 0 Å².